The topological polar surface area (TPSA) is 81.1 Å². The lowest BCUT2D eigenvalue weighted by molar-refractivity contribution is -0.146. The maximum absolute atomic E-state index is 12.8. The highest BCUT2D eigenvalue weighted by molar-refractivity contribution is 5.44. The zero-order valence-electron chi connectivity index (χ0n) is 11.1. The Kier molecular flexibility index (Phi) is 3.44. The molecule has 1 aliphatic carbocycles. The molecule has 6 nitrogen and oxygen atoms in total. The molecule has 0 aliphatic heterocycles. The third-order valence-corrected chi connectivity index (χ3v) is 3.67. The number of hydrogen-bond acceptors (Lipinski definition) is 5. The van der Waals surface area contributed by atoms with Crippen LogP contribution < -0.4 is 11.1 Å². The lowest BCUT2D eigenvalue weighted by atomic mass is 9.91. The van der Waals surface area contributed by atoms with Crippen LogP contribution in [0.25, 0.3) is 5.65 Å². The maximum Gasteiger partial charge on any atom is 0.453 e. The van der Waals surface area contributed by atoms with E-state index in [2.05, 4.69) is 20.6 Å². The molecule has 0 spiro atoms. The highest BCUT2D eigenvalue weighted by Crippen LogP contribution is 2.28. The molecule has 0 amide bonds. The monoisotopic (exact) mass is 300 g/mol. The lowest BCUT2D eigenvalue weighted by Crippen LogP contribution is -2.42. The Morgan fingerprint density at radius 3 is 2.67 bits per heavy atom. The van der Waals surface area contributed by atoms with E-state index in [0.29, 0.717) is 10.3 Å². The summed E-state index contributed by atoms with van der Waals surface area (Å²) in [5.74, 6) is -0.788. The Balaban J connectivity index is 1.89. The molecule has 0 aromatic carbocycles. The van der Waals surface area contributed by atoms with Gasteiger partial charge in [-0.25, -0.2) is 0 Å². The molecule has 3 N–H and O–H groups in total. The molecule has 1 aliphatic rings. The molecule has 9 heteroatoms. The fourth-order valence-corrected chi connectivity index (χ4v) is 2.57. The van der Waals surface area contributed by atoms with Gasteiger partial charge >= 0.3 is 6.18 Å². The average Bonchev–Trinajstić information content (AvgIpc) is 2.84. The summed E-state index contributed by atoms with van der Waals surface area (Å²) in [7, 11) is 0. The number of fused-ring (bicyclic) bond motifs is 1. The summed E-state index contributed by atoms with van der Waals surface area (Å²) in [4.78, 5) is 0. The summed E-state index contributed by atoms with van der Waals surface area (Å²) in [6.45, 7) is 0. The first-order chi connectivity index (χ1) is 9.95. The van der Waals surface area contributed by atoms with Crippen LogP contribution in [-0.4, -0.2) is 31.9 Å². The maximum atomic E-state index is 12.8. The third-order valence-electron chi connectivity index (χ3n) is 3.67. The molecule has 2 aromatic rings. The van der Waals surface area contributed by atoms with Crippen molar-refractivity contribution in [2.24, 2.45) is 5.73 Å². The number of nitrogens with zero attached hydrogens (tertiary/aromatic N) is 4. The zero-order chi connectivity index (χ0) is 15.0. The van der Waals surface area contributed by atoms with E-state index in [0.717, 1.165) is 25.7 Å². The molecule has 0 saturated heterocycles. The predicted octanol–water partition coefficient (Wildman–Crippen LogP) is 1.82. The number of hydrogen-bond donors (Lipinski definition) is 2. The summed E-state index contributed by atoms with van der Waals surface area (Å²) in [5, 5.41) is 13.7. The van der Waals surface area contributed by atoms with E-state index in [-0.39, 0.29) is 17.7 Å². The molecule has 2 atom stereocenters. The highest BCUT2D eigenvalue weighted by Gasteiger charge is 2.37. The van der Waals surface area contributed by atoms with E-state index >= 15 is 0 Å². The van der Waals surface area contributed by atoms with E-state index in [4.69, 9.17) is 5.73 Å². The van der Waals surface area contributed by atoms with Gasteiger partial charge in [-0.1, -0.05) is 12.8 Å². The molecule has 2 heterocycles. The Bertz CT molecular complexity index is 637. The molecule has 1 saturated carbocycles. The average molecular weight is 300 g/mol. The van der Waals surface area contributed by atoms with Gasteiger partial charge in [0.15, 0.2) is 5.65 Å². The van der Waals surface area contributed by atoms with Crippen LogP contribution in [-0.2, 0) is 6.18 Å². The Morgan fingerprint density at radius 1 is 1.19 bits per heavy atom. The second kappa shape index (κ2) is 5.14. The van der Waals surface area contributed by atoms with Crippen LogP contribution in [0.3, 0.4) is 0 Å². The number of aromatic nitrogens is 4. The fourth-order valence-electron chi connectivity index (χ4n) is 2.57. The van der Waals surface area contributed by atoms with E-state index < -0.39 is 12.0 Å². The van der Waals surface area contributed by atoms with Gasteiger partial charge in [0, 0.05) is 12.1 Å². The summed E-state index contributed by atoms with van der Waals surface area (Å²) >= 11 is 0. The molecule has 2 aromatic heterocycles. The molecule has 0 radical (unpaired) electrons. The summed E-state index contributed by atoms with van der Waals surface area (Å²) < 4.78 is 39.1. The minimum Gasteiger partial charge on any atom is -0.364 e. The van der Waals surface area contributed by atoms with Crippen molar-refractivity contribution in [2.75, 3.05) is 5.32 Å². The first-order valence-electron chi connectivity index (χ1n) is 6.77. The van der Waals surface area contributed by atoms with Gasteiger partial charge < -0.3 is 11.1 Å². The number of alkyl halides is 3. The van der Waals surface area contributed by atoms with Gasteiger partial charge in [-0.05, 0) is 25.0 Å². The van der Waals surface area contributed by atoms with Gasteiger partial charge in [0.05, 0.1) is 0 Å². The van der Waals surface area contributed by atoms with Gasteiger partial charge in [0.25, 0.3) is 5.82 Å². The van der Waals surface area contributed by atoms with E-state index in [1.807, 2.05) is 0 Å². The standard InChI is InChI=1S/C12H15F3N6/c13-12(14,15)11-19-18-10-6-5-9(20-21(10)11)17-8-4-2-1-3-7(8)16/h5-8H,1-4,16H2,(H,17,20)/t7-,8-/m1/s1. The molecule has 21 heavy (non-hydrogen) atoms. The molecule has 1 fully saturated rings. The minimum atomic E-state index is -4.59. The van der Waals surface area contributed by atoms with Crippen LogP contribution in [0.15, 0.2) is 12.1 Å². The van der Waals surface area contributed by atoms with Crippen molar-refractivity contribution < 1.29 is 13.2 Å². The predicted molar refractivity (Wildman–Crippen MR) is 69.6 cm³/mol. The SMILES string of the molecule is N[C@@H]1CCCC[C@H]1Nc1ccc2nnc(C(F)(F)F)n2n1. The van der Waals surface area contributed by atoms with Crippen LogP contribution >= 0.6 is 0 Å². The minimum absolute atomic E-state index is 0.0146. The Hall–Kier alpha value is -1.90. The summed E-state index contributed by atoms with van der Waals surface area (Å²) in [6, 6.07) is 3.05. The van der Waals surface area contributed by atoms with Crippen LogP contribution in [0.5, 0.6) is 0 Å². The number of nitrogens with two attached hydrogens (primary N) is 1. The quantitative estimate of drug-likeness (QED) is 0.884. The van der Waals surface area contributed by atoms with Crippen molar-refractivity contribution in [3.8, 4) is 0 Å². The number of halogens is 3. The number of nitrogens with one attached hydrogen (secondary N) is 1. The van der Waals surface area contributed by atoms with Gasteiger partial charge in [-0.15, -0.1) is 15.3 Å². The fraction of sp³-hybridized carbons (Fsp3) is 0.583. The highest BCUT2D eigenvalue weighted by atomic mass is 19.4. The molecular weight excluding hydrogens is 285 g/mol. The second-order valence-electron chi connectivity index (χ2n) is 5.21. The largest absolute Gasteiger partial charge is 0.453 e. The number of rotatable bonds is 2. The lowest BCUT2D eigenvalue weighted by Gasteiger charge is -2.29. The van der Waals surface area contributed by atoms with Crippen LogP contribution in [0.4, 0.5) is 19.0 Å². The van der Waals surface area contributed by atoms with Gasteiger partial charge in [0.2, 0.25) is 0 Å². The van der Waals surface area contributed by atoms with Gasteiger partial charge in [0.1, 0.15) is 5.82 Å². The smallest absolute Gasteiger partial charge is 0.364 e. The van der Waals surface area contributed by atoms with Crippen molar-refractivity contribution in [2.45, 2.75) is 43.9 Å². The molecule has 0 unspecified atom stereocenters. The first kappa shape index (κ1) is 14.1. The Morgan fingerprint density at radius 2 is 1.95 bits per heavy atom. The van der Waals surface area contributed by atoms with E-state index in [1.54, 1.807) is 6.07 Å². The number of anilines is 1. The summed E-state index contributed by atoms with van der Waals surface area (Å²) in [6.07, 6.45) is -0.675. The molecule has 3 rings (SSSR count). The molecular formula is C12H15F3N6. The van der Waals surface area contributed by atoms with E-state index in [1.165, 1.54) is 6.07 Å². The van der Waals surface area contributed by atoms with Crippen molar-refractivity contribution in [3.63, 3.8) is 0 Å². The van der Waals surface area contributed by atoms with Crippen LogP contribution in [0, 0.1) is 0 Å². The van der Waals surface area contributed by atoms with Gasteiger partial charge in [-0.3, -0.25) is 0 Å². The molecule has 0 bridgehead atoms. The van der Waals surface area contributed by atoms with Gasteiger partial charge in [-0.2, -0.15) is 17.7 Å². The Labute approximate surface area is 118 Å². The molecule has 114 valence electrons. The van der Waals surface area contributed by atoms with Crippen LogP contribution in [0.2, 0.25) is 0 Å². The summed E-state index contributed by atoms with van der Waals surface area (Å²) in [5.41, 5.74) is 6.07. The first-order valence-corrected chi connectivity index (χ1v) is 6.77. The zero-order valence-corrected chi connectivity index (χ0v) is 11.1. The van der Waals surface area contributed by atoms with Crippen molar-refractivity contribution in [3.05, 3.63) is 18.0 Å². The van der Waals surface area contributed by atoms with Crippen molar-refractivity contribution in [1.29, 1.82) is 0 Å². The second-order valence-corrected chi connectivity index (χ2v) is 5.21. The normalized spacial score (nSPS) is 23.4. The third kappa shape index (κ3) is 2.78. The van der Waals surface area contributed by atoms with Crippen molar-refractivity contribution in [1.82, 2.24) is 19.8 Å². The van der Waals surface area contributed by atoms with Crippen LogP contribution in [0.1, 0.15) is 31.5 Å². The van der Waals surface area contributed by atoms with Crippen molar-refractivity contribution >= 4 is 11.5 Å². The van der Waals surface area contributed by atoms with E-state index in [9.17, 15) is 13.2 Å².